The molecular formula is C26H24N2O3. The Morgan fingerprint density at radius 1 is 1.10 bits per heavy atom. The number of hydrogen-bond acceptors (Lipinski definition) is 5. The fourth-order valence-corrected chi connectivity index (χ4v) is 4.40. The number of carbonyl (C=O) groups excluding carboxylic acids is 2. The highest BCUT2D eigenvalue weighted by Gasteiger charge is 2.39. The van der Waals surface area contributed by atoms with Gasteiger partial charge in [-0.15, -0.1) is 0 Å². The van der Waals surface area contributed by atoms with Crippen molar-refractivity contribution in [2.24, 2.45) is 0 Å². The van der Waals surface area contributed by atoms with Crippen LogP contribution >= 0.6 is 0 Å². The molecule has 4 rings (SSSR count). The second-order valence-electron chi connectivity index (χ2n) is 8.02. The fraction of sp³-hybridized carbons (Fsp3) is 0.269. The van der Waals surface area contributed by atoms with Crippen LogP contribution in [0.5, 0.6) is 0 Å². The zero-order chi connectivity index (χ0) is 22.3. The van der Waals surface area contributed by atoms with Gasteiger partial charge < -0.3 is 10.1 Å². The van der Waals surface area contributed by atoms with Gasteiger partial charge in [-0.3, -0.25) is 4.79 Å². The molecule has 156 valence electrons. The molecule has 2 aromatic rings. The summed E-state index contributed by atoms with van der Waals surface area (Å²) in [6.45, 7) is 7.45. The monoisotopic (exact) mass is 412 g/mol. The first-order valence-corrected chi connectivity index (χ1v) is 10.5. The van der Waals surface area contributed by atoms with Crippen molar-refractivity contribution in [1.29, 1.82) is 5.26 Å². The maximum atomic E-state index is 13.2. The van der Waals surface area contributed by atoms with Crippen LogP contribution in [0.4, 0.5) is 0 Å². The predicted molar refractivity (Wildman–Crippen MR) is 118 cm³/mol. The van der Waals surface area contributed by atoms with Gasteiger partial charge in [0.2, 0.25) is 0 Å². The van der Waals surface area contributed by atoms with Gasteiger partial charge in [0.1, 0.15) is 0 Å². The number of benzene rings is 2. The molecule has 0 aromatic heterocycles. The predicted octanol–water partition coefficient (Wildman–Crippen LogP) is 5.00. The van der Waals surface area contributed by atoms with E-state index in [4.69, 9.17) is 4.74 Å². The summed E-state index contributed by atoms with van der Waals surface area (Å²) >= 11 is 0. The Morgan fingerprint density at radius 2 is 1.77 bits per heavy atom. The summed E-state index contributed by atoms with van der Waals surface area (Å²) < 4.78 is 5.66. The standard InChI is InChI=1S/C26H24N2O3/c1-5-14(2)31-26(30)22-16(4)28-15(3)21(13-27)24(22)19-11-8-12-20-23(19)17-9-6-7-10-18(17)25(20)29/h6-12,14,24,28H,5H2,1-4H3/t14-,24-/m1/s1. The Kier molecular flexibility index (Phi) is 5.24. The van der Waals surface area contributed by atoms with E-state index in [-0.39, 0.29) is 11.9 Å². The molecule has 5 heteroatoms. The number of ether oxygens (including phenoxy) is 1. The van der Waals surface area contributed by atoms with E-state index in [0.29, 0.717) is 40.1 Å². The third-order valence-electron chi connectivity index (χ3n) is 6.08. The number of nitrogens with one attached hydrogen (secondary N) is 1. The van der Waals surface area contributed by atoms with Gasteiger partial charge in [-0.05, 0) is 43.9 Å². The van der Waals surface area contributed by atoms with Crippen LogP contribution in [0.2, 0.25) is 0 Å². The zero-order valence-corrected chi connectivity index (χ0v) is 18.1. The lowest BCUT2D eigenvalue weighted by Gasteiger charge is -2.30. The van der Waals surface area contributed by atoms with E-state index >= 15 is 0 Å². The summed E-state index contributed by atoms with van der Waals surface area (Å²) in [5.74, 6) is -1.10. The largest absolute Gasteiger partial charge is 0.459 e. The van der Waals surface area contributed by atoms with E-state index in [2.05, 4.69) is 11.4 Å². The van der Waals surface area contributed by atoms with Crippen molar-refractivity contribution in [2.45, 2.75) is 46.1 Å². The highest BCUT2D eigenvalue weighted by molar-refractivity contribution is 6.22. The van der Waals surface area contributed by atoms with E-state index in [0.717, 1.165) is 16.7 Å². The summed E-state index contributed by atoms with van der Waals surface area (Å²) in [6, 6.07) is 15.3. The molecule has 2 atom stereocenters. The summed E-state index contributed by atoms with van der Waals surface area (Å²) in [7, 11) is 0. The van der Waals surface area contributed by atoms with Gasteiger partial charge in [0, 0.05) is 22.5 Å². The SMILES string of the molecule is CC[C@@H](C)OC(=O)C1=C(C)NC(C)=C(C#N)[C@H]1c1cccc2c1-c1ccccc1C2=O. The molecule has 1 aliphatic carbocycles. The van der Waals surface area contributed by atoms with Gasteiger partial charge >= 0.3 is 5.97 Å². The number of nitriles is 1. The van der Waals surface area contributed by atoms with Gasteiger partial charge in [0.15, 0.2) is 5.78 Å². The zero-order valence-electron chi connectivity index (χ0n) is 18.1. The van der Waals surface area contributed by atoms with Crippen LogP contribution < -0.4 is 5.32 Å². The molecule has 0 bridgehead atoms. The smallest absolute Gasteiger partial charge is 0.337 e. The molecule has 0 fully saturated rings. The Labute approximate surface area is 182 Å². The van der Waals surface area contributed by atoms with E-state index in [1.165, 1.54) is 0 Å². The molecule has 2 aromatic carbocycles. The van der Waals surface area contributed by atoms with Gasteiger partial charge in [-0.2, -0.15) is 5.26 Å². The summed E-state index contributed by atoms with van der Waals surface area (Å²) in [5.41, 5.74) is 5.84. The lowest BCUT2D eigenvalue weighted by atomic mass is 9.78. The van der Waals surface area contributed by atoms with Crippen molar-refractivity contribution in [1.82, 2.24) is 5.32 Å². The van der Waals surface area contributed by atoms with Crippen LogP contribution in [0.15, 0.2) is 65.0 Å². The minimum absolute atomic E-state index is 0.0370. The number of fused-ring (bicyclic) bond motifs is 3. The molecule has 0 unspecified atom stereocenters. The quantitative estimate of drug-likeness (QED) is 0.610. The highest BCUT2D eigenvalue weighted by atomic mass is 16.5. The number of esters is 1. The van der Waals surface area contributed by atoms with E-state index in [9.17, 15) is 14.9 Å². The number of dihydropyridines is 1. The van der Waals surface area contributed by atoms with E-state index in [1.807, 2.05) is 64.1 Å². The maximum absolute atomic E-state index is 13.2. The van der Waals surface area contributed by atoms with Gasteiger partial charge in [-0.1, -0.05) is 49.4 Å². The minimum atomic E-state index is -0.614. The van der Waals surface area contributed by atoms with Crippen molar-refractivity contribution >= 4 is 11.8 Å². The number of carbonyl (C=O) groups is 2. The number of rotatable bonds is 4. The fourth-order valence-electron chi connectivity index (χ4n) is 4.40. The van der Waals surface area contributed by atoms with Crippen molar-refractivity contribution < 1.29 is 14.3 Å². The average Bonchev–Trinajstić information content (AvgIpc) is 3.05. The highest BCUT2D eigenvalue weighted by Crippen LogP contribution is 2.47. The molecule has 1 aliphatic heterocycles. The van der Waals surface area contributed by atoms with E-state index in [1.54, 1.807) is 6.07 Å². The van der Waals surface area contributed by atoms with Gasteiger partial charge in [0.25, 0.3) is 0 Å². The second-order valence-corrected chi connectivity index (χ2v) is 8.02. The van der Waals surface area contributed by atoms with Crippen LogP contribution in [0.1, 0.15) is 61.5 Å². The molecule has 1 N–H and O–H groups in total. The number of nitrogens with zero attached hydrogens (tertiary/aromatic N) is 1. The Morgan fingerprint density at radius 3 is 2.45 bits per heavy atom. The maximum Gasteiger partial charge on any atom is 0.337 e. The second kappa shape index (κ2) is 7.88. The first kappa shape index (κ1) is 20.6. The number of hydrogen-bond donors (Lipinski definition) is 1. The van der Waals surface area contributed by atoms with E-state index < -0.39 is 11.9 Å². The van der Waals surface area contributed by atoms with Crippen LogP contribution in [0.25, 0.3) is 11.1 Å². The lowest BCUT2D eigenvalue weighted by Crippen LogP contribution is -2.30. The topological polar surface area (TPSA) is 79.2 Å². The van der Waals surface area contributed by atoms with Gasteiger partial charge in [0.05, 0.1) is 29.2 Å². The normalized spacial score (nSPS) is 18.2. The molecule has 0 saturated carbocycles. The third-order valence-corrected chi connectivity index (χ3v) is 6.08. The van der Waals surface area contributed by atoms with Crippen molar-refractivity contribution in [2.75, 3.05) is 0 Å². The van der Waals surface area contributed by atoms with Gasteiger partial charge in [-0.25, -0.2) is 4.79 Å². The first-order chi connectivity index (χ1) is 14.9. The first-order valence-electron chi connectivity index (χ1n) is 10.5. The summed E-state index contributed by atoms with van der Waals surface area (Å²) in [6.07, 6.45) is 0.452. The molecule has 1 heterocycles. The van der Waals surface area contributed by atoms with Crippen molar-refractivity contribution in [3.05, 3.63) is 81.7 Å². The molecule has 0 spiro atoms. The lowest BCUT2D eigenvalue weighted by molar-refractivity contribution is -0.143. The number of ketones is 1. The van der Waals surface area contributed by atoms with Crippen LogP contribution in [0, 0.1) is 11.3 Å². The molecule has 0 amide bonds. The molecule has 0 radical (unpaired) electrons. The number of allylic oxidation sites excluding steroid dienone is 3. The molecular weight excluding hydrogens is 388 g/mol. The molecule has 0 saturated heterocycles. The van der Waals surface area contributed by atoms with Crippen LogP contribution in [0.3, 0.4) is 0 Å². The average molecular weight is 412 g/mol. The Hall–Kier alpha value is -3.65. The Balaban J connectivity index is 1.96. The minimum Gasteiger partial charge on any atom is -0.459 e. The molecule has 2 aliphatic rings. The summed E-state index contributed by atoms with van der Waals surface area (Å²) in [5, 5.41) is 13.2. The third kappa shape index (κ3) is 3.25. The van der Waals surface area contributed by atoms with Crippen molar-refractivity contribution in [3.63, 3.8) is 0 Å². The van der Waals surface area contributed by atoms with Crippen LogP contribution in [-0.4, -0.2) is 17.9 Å². The van der Waals surface area contributed by atoms with Crippen LogP contribution in [-0.2, 0) is 9.53 Å². The molecule has 31 heavy (non-hydrogen) atoms. The Bertz CT molecular complexity index is 1210. The van der Waals surface area contributed by atoms with Crippen molar-refractivity contribution in [3.8, 4) is 17.2 Å². The molecule has 5 nitrogen and oxygen atoms in total. The summed E-state index contributed by atoms with van der Waals surface area (Å²) in [4.78, 5) is 26.2.